The number of benzene rings is 1. The van der Waals surface area contributed by atoms with E-state index in [4.69, 9.17) is 9.05 Å². The Hall–Kier alpha value is -1.16. The van der Waals surface area contributed by atoms with Gasteiger partial charge in [0.15, 0.2) is 0 Å². The largest absolute Gasteiger partial charge is 0.331 e. The van der Waals surface area contributed by atoms with Gasteiger partial charge in [-0.2, -0.15) is 0 Å². The molecule has 0 aliphatic heterocycles. The number of imidazole rings is 1. The first-order chi connectivity index (χ1) is 9.59. The third-order valence-electron chi connectivity index (χ3n) is 3.14. The highest BCUT2D eigenvalue weighted by Crippen LogP contribution is 2.48. The van der Waals surface area contributed by atoms with Crippen LogP contribution in [0.1, 0.15) is 19.7 Å². The zero-order valence-electron chi connectivity index (χ0n) is 12.2. The molecule has 0 N–H and O–H groups in total. The van der Waals surface area contributed by atoms with Gasteiger partial charge in [0.2, 0.25) is 0 Å². The number of fused-ring (bicyclic) bond motifs is 1. The van der Waals surface area contributed by atoms with E-state index in [1.807, 2.05) is 49.7 Å². The molecule has 1 aromatic carbocycles. The number of rotatable bonds is 7. The third-order valence-corrected chi connectivity index (χ3v) is 5.22. The molecule has 2 aromatic rings. The quantitative estimate of drug-likeness (QED) is 0.735. The number of aromatic nitrogens is 2. The molecular formula is C14H21N2O3P. The minimum atomic E-state index is -3.00. The van der Waals surface area contributed by atoms with Crippen molar-refractivity contribution < 1.29 is 13.6 Å². The maximum atomic E-state index is 12.4. The fraction of sp³-hybridized carbons (Fsp3) is 0.500. The SMILES string of the molecule is CCOP(=O)(CCc1nc2ccccc2n1C)OCC. The molecule has 0 aliphatic rings. The zero-order chi connectivity index (χ0) is 14.6. The second kappa shape index (κ2) is 6.53. The van der Waals surface area contributed by atoms with Crippen molar-refractivity contribution in [3.63, 3.8) is 0 Å². The molecule has 0 atom stereocenters. The highest BCUT2D eigenvalue weighted by molar-refractivity contribution is 7.53. The van der Waals surface area contributed by atoms with Crippen LogP contribution in [-0.2, 0) is 27.1 Å². The van der Waals surface area contributed by atoms with Crippen LogP contribution in [0.5, 0.6) is 0 Å². The smallest absolute Gasteiger partial charge is 0.331 e. The molecule has 0 saturated carbocycles. The second-order valence-electron chi connectivity index (χ2n) is 4.50. The number of aryl methyl sites for hydroxylation is 2. The minimum Gasteiger partial charge on any atom is -0.331 e. The van der Waals surface area contributed by atoms with Gasteiger partial charge in [0.25, 0.3) is 0 Å². The van der Waals surface area contributed by atoms with E-state index in [0.717, 1.165) is 16.9 Å². The molecule has 0 bridgehead atoms. The van der Waals surface area contributed by atoms with E-state index in [9.17, 15) is 4.57 Å². The minimum absolute atomic E-state index is 0.353. The average Bonchev–Trinajstić information content (AvgIpc) is 2.75. The summed E-state index contributed by atoms with van der Waals surface area (Å²) in [5.41, 5.74) is 2.03. The van der Waals surface area contributed by atoms with Gasteiger partial charge in [-0.3, -0.25) is 4.57 Å². The van der Waals surface area contributed by atoms with Crippen LogP contribution in [0, 0.1) is 0 Å². The Bertz CT molecular complexity index is 614. The predicted molar refractivity (Wildman–Crippen MR) is 80.1 cm³/mol. The first-order valence-corrected chi connectivity index (χ1v) is 8.61. The van der Waals surface area contributed by atoms with Crippen LogP contribution in [-0.4, -0.2) is 28.9 Å². The highest BCUT2D eigenvalue weighted by Gasteiger charge is 2.24. The summed E-state index contributed by atoms with van der Waals surface area (Å²) in [7, 11) is -1.03. The summed E-state index contributed by atoms with van der Waals surface area (Å²) in [6.45, 7) is 4.42. The van der Waals surface area contributed by atoms with Gasteiger partial charge in [0.05, 0.1) is 30.4 Å². The monoisotopic (exact) mass is 296 g/mol. The van der Waals surface area contributed by atoms with Gasteiger partial charge in [-0.25, -0.2) is 4.98 Å². The molecule has 2 rings (SSSR count). The maximum absolute atomic E-state index is 12.4. The van der Waals surface area contributed by atoms with E-state index in [1.165, 1.54) is 0 Å². The average molecular weight is 296 g/mol. The van der Waals surface area contributed by atoms with E-state index < -0.39 is 7.60 Å². The van der Waals surface area contributed by atoms with Crippen LogP contribution >= 0.6 is 7.60 Å². The van der Waals surface area contributed by atoms with Crippen LogP contribution in [0.15, 0.2) is 24.3 Å². The van der Waals surface area contributed by atoms with Crippen LogP contribution in [0.4, 0.5) is 0 Å². The predicted octanol–water partition coefficient (Wildman–Crippen LogP) is 3.38. The number of nitrogens with zero attached hydrogens (tertiary/aromatic N) is 2. The Labute approximate surface area is 119 Å². The maximum Gasteiger partial charge on any atom is 0.331 e. The van der Waals surface area contributed by atoms with Crippen LogP contribution in [0.25, 0.3) is 11.0 Å². The van der Waals surface area contributed by atoms with E-state index in [2.05, 4.69) is 4.98 Å². The molecular weight excluding hydrogens is 275 g/mol. The summed E-state index contributed by atoms with van der Waals surface area (Å²) in [6, 6.07) is 7.95. The van der Waals surface area contributed by atoms with Gasteiger partial charge in [-0.1, -0.05) is 12.1 Å². The van der Waals surface area contributed by atoms with Gasteiger partial charge < -0.3 is 13.6 Å². The number of hydrogen-bond donors (Lipinski definition) is 0. The highest BCUT2D eigenvalue weighted by atomic mass is 31.2. The molecule has 0 aliphatic carbocycles. The Balaban J connectivity index is 2.15. The van der Waals surface area contributed by atoms with Crippen LogP contribution in [0.2, 0.25) is 0 Å². The van der Waals surface area contributed by atoms with Gasteiger partial charge in [0, 0.05) is 13.5 Å². The van der Waals surface area contributed by atoms with E-state index in [1.54, 1.807) is 0 Å². The summed E-state index contributed by atoms with van der Waals surface area (Å²) in [5, 5.41) is 0. The summed E-state index contributed by atoms with van der Waals surface area (Å²) < 4.78 is 25.1. The van der Waals surface area contributed by atoms with Crippen molar-refractivity contribution in [3.05, 3.63) is 30.1 Å². The Morgan fingerprint density at radius 3 is 2.45 bits per heavy atom. The van der Waals surface area contributed by atoms with Gasteiger partial charge in [-0.15, -0.1) is 0 Å². The van der Waals surface area contributed by atoms with E-state index >= 15 is 0 Å². The van der Waals surface area contributed by atoms with Crippen LogP contribution in [0.3, 0.4) is 0 Å². The summed E-state index contributed by atoms with van der Waals surface area (Å²) in [6.07, 6.45) is 0.925. The topological polar surface area (TPSA) is 53.3 Å². The van der Waals surface area contributed by atoms with Crippen molar-refractivity contribution >= 4 is 18.6 Å². The zero-order valence-corrected chi connectivity index (χ0v) is 13.1. The van der Waals surface area contributed by atoms with Crippen LogP contribution < -0.4 is 0 Å². The second-order valence-corrected chi connectivity index (χ2v) is 6.68. The van der Waals surface area contributed by atoms with E-state index in [0.29, 0.717) is 25.8 Å². The molecule has 0 saturated heterocycles. The molecule has 1 aromatic heterocycles. The lowest BCUT2D eigenvalue weighted by molar-refractivity contribution is 0.220. The van der Waals surface area contributed by atoms with E-state index in [-0.39, 0.29) is 0 Å². The summed E-state index contributed by atoms with van der Waals surface area (Å²) in [5.74, 6) is 0.894. The van der Waals surface area contributed by atoms with Crippen molar-refractivity contribution in [3.8, 4) is 0 Å². The van der Waals surface area contributed by atoms with Gasteiger partial charge >= 0.3 is 7.60 Å². The number of para-hydroxylation sites is 2. The molecule has 0 amide bonds. The van der Waals surface area contributed by atoms with Crippen molar-refractivity contribution in [2.24, 2.45) is 7.05 Å². The van der Waals surface area contributed by atoms with Gasteiger partial charge in [0.1, 0.15) is 5.82 Å². The molecule has 20 heavy (non-hydrogen) atoms. The fourth-order valence-electron chi connectivity index (χ4n) is 2.22. The first kappa shape index (κ1) is 15.2. The molecule has 1 heterocycles. The third kappa shape index (κ3) is 3.29. The van der Waals surface area contributed by atoms with Crippen molar-refractivity contribution in [1.82, 2.24) is 9.55 Å². The molecule has 0 spiro atoms. The van der Waals surface area contributed by atoms with Crippen molar-refractivity contribution in [2.45, 2.75) is 20.3 Å². The molecule has 0 unspecified atom stereocenters. The lowest BCUT2D eigenvalue weighted by atomic mass is 10.3. The normalized spacial score (nSPS) is 12.2. The summed E-state index contributed by atoms with van der Waals surface area (Å²) >= 11 is 0. The lowest BCUT2D eigenvalue weighted by Crippen LogP contribution is -2.06. The number of hydrogen-bond acceptors (Lipinski definition) is 4. The first-order valence-electron chi connectivity index (χ1n) is 6.88. The fourth-order valence-corrected chi connectivity index (χ4v) is 3.81. The standard InChI is InChI=1S/C14H21N2O3P/c1-4-18-20(17,19-5-2)11-10-14-15-12-8-6-7-9-13(12)16(14)3/h6-9H,4-5,10-11H2,1-3H3. The van der Waals surface area contributed by atoms with Crippen molar-refractivity contribution in [1.29, 1.82) is 0 Å². The molecule has 0 fully saturated rings. The molecule has 5 nitrogen and oxygen atoms in total. The Morgan fingerprint density at radius 1 is 1.20 bits per heavy atom. The molecule has 6 heteroatoms. The summed E-state index contributed by atoms with van der Waals surface area (Å²) in [4.78, 5) is 4.57. The lowest BCUT2D eigenvalue weighted by Gasteiger charge is -2.16. The Morgan fingerprint density at radius 2 is 1.85 bits per heavy atom. The Kier molecular flexibility index (Phi) is 4.97. The van der Waals surface area contributed by atoms with Crippen molar-refractivity contribution in [2.75, 3.05) is 19.4 Å². The molecule has 110 valence electrons. The molecule has 0 radical (unpaired) electrons. The van der Waals surface area contributed by atoms with Gasteiger partial charge in [-0.05, 0) is 26.0 Å².